The van der Waals surface area contributed by atoms with Crippen molar-refractivity contribution in [1.29, 1.82) is 0 Å². The summed E-state index contributed by atoms with van der Waals surface area (Å²) >= 11 is 0. The number of hydrogen-bond acceptors (Lipinski definition) is 3. The van der Waals surface area contributed by atoms with Gasteiger partial charge >= 0.3 is 0 Å². The van der Waals surface area contributed by atoms with Crippen LogP contribution in [0.5, 0.6) is 0 Å². The molecule has 1 aliphatic rings. The number of carbonyl (C=O) groups excluding carboxylic acids is 1. The van der Waals surface area contributed by atoms with E-state index in [1.165, 1.54) is 0 Å². The molecule has 2 heterocycles. The molecule has 0 saturated carbocycles. The molecular formula is C12H17N3O. The molecule has 2 rings (SSSR count). The van der Waals surface area contributed by atoms with Gasteiger partial charge in [-0.3, -0.25) is 9.78 Å². The van der Waals surface area contributed by atoms with Gasteiger partial charge in [-0.25, -0.2) is 0 Å². The van der Waals surface area contributed by atoms with Crippen molar-refractivity contribution in [3.63, 3.8) is 0 Å². The summed E-state index contributed by atoms with van der Waals surface area (Å²) in [7, 11) is 0. The SMILES string of the molecule is Cc1ncccc1C(=O)N1CCCNCC1. The first-order chi connectivity index (χ1) is 7.79. The van der Waals surface area contributed by atoms with Crippen molar-refractivity contribution in [1.82, 2.24) is 15.2 Å². The molecular weight excluding hydrogens is 202 g/mol. The van der Waals surface area contributed by atoms with Gasteiger partial charge in [0.1, 0.15) is 0 Å². The summed E-state index contributed by atoms with van der Waals surface area (Å²) in [6, 6.07) is 3.67. The Labute approximate surface area is 95.7 Å². The van der Waals surface area contributed by atoms with E-state index in [1.807, 2.05) is 24.0 Å². The largest absolute Gasteiger partial charge is 0.337 e. The number of rotatable bonds is 1. The van der Waals surface area contributed by atoms with E-state index in [4.69, 9.17) is 0 Å². The summed E-state index contributed by atoms with van der Waals surface area (Å²) < 4.78 is 0. The molecule has 1 aromatic rings. The Bertz CT molecular complexity index is 370. The van der Waals surface area contributed by atoms with Crippen molar-refractivity contribution in [2.75, 3.05) is 26.2 Å². The average molecular weight is 219 g/mol. The zero-order valence-electron chi connectivity index (χ0n) is 9.57. The molecule has 0 bridgehead atoms. The highest BCUT2D eigenvalue weighted by molar-refractivity contribution is 5.95. The third-order valence-corrected chi connectivity index (χ3v) is 2.86. The molecule has 1 aromatic heterocycles. The Morgan fingerprint density at radius 3 is 3.12 bits per heavy atom. The minimum atomic E-state index is 0.106. The highest BCUT2D eigenvalue weighted by atomic mass is 16.2. The van der Waals surface area contributed by atoms with Gasteiger partial charge in [0, 0.05) is 31.5 Å². The fourth-order valence-corrected chi connectivity index (χ4v) is 1.93. The van der Waals surface area contributed by atoms with Crippen LogP contribution in [0.4, 0.5) is 0 Å². The predicted molar refractivity (Wildman–Crippen MR) is 62.4 cm³/mol. The van der Waals surface area contributed by atoms with E-state index < -0.39 is 0 Å². The summed E-state index contributed by atoms with van der Waals surface area (Å²) in [4.78, 5) is 18.3. The Hall–Kier alpha value is -1.42. The first-order valence-corrected chi connectivity index (χ1v) is 5.70. The number of nitrogens with one attached hydrogen (secondary N) is 1. The van der Waals surface area contributed by atoms with Crippen LogP contribution in [0.1, 0.15) is 22.5 Å². The molecule has 4 nitrogen and oxygen atoms in total. The third-order valence-electron chi connectivity index (χ3n) is 2.86. The summed E-state index contributed by atoms with van der Waals surface area (Å²) in [5.41, 5.74) is 1.54. The van der Waals surface area contributed by atoms with Crippen molar-refractivity contribution in [2.45, 2.75) is 13.3 Å². The van der Waals surface area contributed by atoms with Crippen LogP contribution in [0, 0.1) is 6.92 Å². The number of pyridine rings is 1. The molecule has 1 fully saturated rings. The average Bonchev–Trinajstić information content (AvgIpc) is 2.57. The molecule has 0 aliphatic carbocycles. The van der Waals surface area contributed by atoms with Crippen molar-refractivity contribution >= 4 is 5.91 Å². The molecule has 1 aliphatic heterocycles. The lowest BCUT2D eigenvalue weighted by atomic mass is 10.2. The van der Waals surface area contributed by atoms with E-state index in [9.17, 15) is 4.79 Å². The monoisotopic (exact) mass is 219 g/mol. The van der Waals surface area contributed by atoms with E-state index in [-0.39, 0.29) is 5.91 Å². The van der Waals surface area contributed by atoms with Gasteiger partial charge < -0.3 is 10.2 Å². The second-order valence-electron chi connectivity index (χ2n) is 4.03. The smallest absolute Gasteiger partial charge is 0.255 e. The molecule has 0 unspecified atom stereocenters. The highest BCUT2D eigenvalue weighted by Crippen LogP contribution is 2.09. The molecule has 0 spiro atoms. The lowest BCUT2D eigenvalue weighted by molar-refractivity contribution is 0.0765. The minimum absolute atomic E-state index is 0.106. The van der Waals surface area contributed by atoms with E-state index in [2.05, 4.69) is 10.3 Å². The number of carbonyl (C=O) groups is 1. The first-order valence-electron chi connectivity index (χ1n) is 5.70. The summed E-state index contributed by atoms with van der Waals surface area (Å²) in [5.74, 6) is 0.106. The van der Waals surface area contributed by atoms with E-state index in [0.717, 1.165) is 43.9 Å². The van der Waals surface area contributed by atoms with E-state index in [0.29, 0.717) is 0 Å². The van der Waals surface area contributed by atoms with Crippen molar-refractivity contribution in [3.05, 3.63) is 29.6 Å². The maximum atomic E-state index is 12.2. The Morgan fingerprint density at radius 1 is 1.44 bits per heavy atom. The molecule has 16 heavy (non-hydrogen) atoms. The van der Waals surface area contributed by atoms with Gasteiger partial charge in [-0.15, -0.1) is 0 Å². The maximum Gasteiger partial charge on any atom is 0.255 e. The van der Waals surface area contributed by atoms with Gasteiger partial charge in [0.15, 0.2) is 0 Å². The van der Waals surface area contributed by atoms with Crippen LogP contribution in [0.3, 0.4) is 0 Å². The molecule has 1 amide bonds. The van der Waals surface area contributed by atoms with Gasteiger partial charge in [-0.1, -0.05) is 0 Å². The van der Waals surface area contributed by atoms with Crippen LogP contribution < -0.4 is 5.32 Å². The van der Waals surface area contributed by atoms with Crippen molar-refractivity contribution in [2.24, 2.45) is 0 Å². The molecule has 0 aromatic carbocycles. The topological polar surface area (TPSA) is 45.2 Å². The second kappa shape index (κ2) is 5.07. The molecule has 1 saturated heterocycles. The van der Waals surface area contributed by atoms with Crippen LogP contribution in [0.25, 0.3) is 0 Å². The fourth-order valence-electron chi connectivity index (χ4n) is 1.93. The fraction of sp³-hybridized carbons (Fsp3) is 0.500. The highest BCUT2D eigenvalue weighted by Gasteiger charge is 2.18. The normalized spacial score (nSPS) is 16.9. The van der Waals surface area contributed by atoms with Gasteiger partial charge in [0.2, 0.25) is 0 Å². The van der Waals surface area contributed by atoms with Crippen LogP contribution in [0.15, 0.2) is 18.3 Å². The van der Waals surface area contributed by atoms with Crippen molar-refractivity contribution in [3.8, 4) is 0 Å². The molecule has 0 radical (unpaired) electrons. The van der Waals surface area contributed by atoms with Crippen LogP contribution >= 0.6 is 0 Å². The number of aryl methyl sites for hydroxylation is 1. The Morgan fingerprint density at radius 2 is 2.31 bits per heavy atom. The zero-order valence-corrected chi connectivity index (χ0v) is 9.57. The quantitative estimate of drug-likeness (QED) is 0.760. The lowest BCUT2D eigenvalue weighted by Gasteiger charge is -2.20. The van der Waals surface area contributed by atoms with Gasteiger partial charge in [0.05, 0.1) is 5.56 Å². The summed E-state index contributed by atoms with van der Waals surface area (Å²) in [6.45, 7) is 5.37. The van der Waals surface area contributed by atoms with E-state index in [1.54, 1.807) is 6.20 Å². The predicted octanol–water partition coefficient (Wildman–Crippen LogP) is 0.826. The molecule has 0 atom stereocenters. The van der Waals surface area contributed by atoms with Crippen LogP contribution in [0.2, 0.25) is 0 Å². The van der Waals surface area contributed by atoms with Crippen LogP contribution in [-0.2, 0) is 0 Å². The maximum absolute atomic E-state index is 12.2. The summed E-state index contributed by atoms with van der Waals surface area (Å²) in [6.07, 6.45) is 2.74. The number of amides is 1. The molecule has 86 valence electrons. The third kappa shape index (κ3) is 2.39. The van der Waals surface area contributed by atoms with E-state index >= 15 is 0 Å². The van der Waals surface area contributed by atoms with Gasteiger partial charge in [0.25, 0.3) is 5.91 Å². The molecule has 4 heteroatoms. The second-order valence-corrected chi connectivity index (χ2v) is 4.03. The minimum Gasteiger partial charge on any atom is -0.337 e. The standard InChI is InChI=1S/C12H17N3O/c1-10-11(4-2-6-14-10)12(16)15-8-3-5-13-7-9-15/h2,4,6,13H,3,5,7-9H2,1H3. The first kappa shape index (κ1) is 11.1. The van der Waals surface area contributed by atoms with Crippen molar-refractivity contribution < 1.29 is 4.79 Å². The molecule has 1 N–H and O–H groups in total. The number of nitrogens with zero attached hydrogens (tertiary/aromatic N) is 2. The number of hydrogen-bond donors (Lipinski definition) is 1. The number of aromatic nitrogens is 1. The lowest BCUT2D eigenvalue weighted by Crippen LogP contribution is -2.34. The van der Waals surface area contributed by atoms with Crippen LogP contribution in [-0.4, -0.2) is 42.0 Å². The zero-order chi connectivity index (χ0) is 11.4. The Kier molecular flexibility index (Phi) is 3.51. The van der Waals surface area contributed by atoms with Gasteiger partial charge in [-0.2, -0.15) is 0 Å². The Balaban J connectivity index is 2.14. The van der Waals surface area contributed by atoms with Gasteiger partial charge in [-0.05, 0) is 32.0 Å². The summed E-state index contributed by atoms with van der Waals surface area (Å²) in [5, 5.41) is 3.29.